The van der Waals surface area contributed by atoms with Crippen molar-refractivity contribution in [1.82, 2.24) is 4.90 Å². The summed E-state index contributed by atoms with van der Waals surface area (Å²) in [5, 5.41) is 8.92. The number of rotatable bonds is 1. The fourth-order valence-electron chi connectivity index (χ4n) is 2.40. The molecule has 1 unspecified atom stereocenters. The topological polar surface area (TPSA) is 23.5 Å². The van der Waals surface area contributed by atoms with Crippen LogP contribution in [0.15, 0.2) is 0 Å². The Hall–Kier alpha value is -0.150. The highest BCUT2D eigenvalue weighted by Gasteiger charge is 2.43. The lowest BCUT2D eigenvalue weighted by Gasteiger charge is -2.17. The Morgan fingerprint density at radius 3 is 3.09 bits per heavy atom. The van der Waals surface area contributed by atoms with Gasteiger partial charge in [-0.2, -0.15) is 0 Å². The Morgan fingerprint density at radius 2 is 2.36 bits per heavy atom. The minimum atomic E-state index is -0.787. The molecule has 0 aromatic carbocycles. The van der Waals surface area contributed by atoms with Gasteiger partial charge in [0.2, 0.25) is 0 Å². The maximum atomic E-state index is 13.1. The molecule has 0 bridgehead atoms. The Balaban J connectivity index is 2.07. The third-order valence-electron chi connectivity index (χ3n) is 2.99. The number of fused-ring (bicyclic) bond motifs is 1. The molecule has 2 heterocycles. The van der Waals surface area contributed by atoms with E-state index in [0.717, 1.165) is 13.0 Å². The summed E-state index contributed by atoms with van der Waals surface area (Å²) in [5.41, 5.74) is 0. The molecule has 3 heteroatoms. The van der Waals surface area contributed by atoms with Crippen LogP contribution in [-0.2, 0) is 0 Å². The minimum absolute atomic E-state index is 0.0162. The summed E-state index contributed by atoms with van der Waals surface area (Å²) in [6.45, 7) is 1.60. The highest BCUT2D eigenvalue weighted by Crippen LogP contribution is 2.33. The molecule has 2 saturated heterocycles. The molecule has 0 aromatic heterocycles. The number of alkyl halides is 1. The van der Waals surface area contributed by atoms with E-state index in [0.29, 0.717) is 12.6 Å². The third-order valence-corrected chi connectivity index (χ3v) is 2.99. The molecular formula is C8H14FNO. The second kappa shape index (κ2) is 2.72. The minimum Gasteiger partial charge on any atom is -0.396 e. The lowest BCUT2D eigenvalue weighted by molar-refractivity contribution is 0.150. The third kappa shape index (κ3) is 1.07. The quantitative estimate of drug-likeness (QED) is 0.599. The molecule has 3 atom stereocenters. The molecule has 11 heavy (non-hydrogen) atoms. The molecular weight excluding hydrogens is 145 g/mol. The van der Waals surface area contributed by atoms with Crippen molar-refractivity contribution in [3.05, 3.63) is 0 Å². The van der Waals surface area contributed by atoms with Crippen molar-refractivity contribution in [2.45, 2.75) is 25.1 Å². The Morgan fingerprint density at radius 1 is 1.55 bits per heavy atom. The maximum absolute atomic E-state index is 13.1. The molecule has 0 saturated carbocycles. The standard InChI is InChI=1S/C8H14FNO/c9-7-4-10-3-1-2-8(10)6(7)5-11/h6-8,11H,1-5H2/t6-,7+,8?/m1/s1. The van der Waals surface area contributed by atoms with Crippen molar-refractivity contribution >= 4 is 0 Å². The summed E-state index contributed by atoms with van der Waals surface area (Å²) in [6.07, 6.45) is 1.46. The fourth-order valence-corrected chi connectivity index (χ4v) is 2.40. The molecule has 2 nitrogen and oxygen atoms in total. The predicted octanol–water partition coefficient (Wildman–Crippen LogP) is 0.411. The Bertz CT molecular complexity index is 153. The van der Waals surface area contributed by atoms with E-state index in [1.165, 1.54) is 6.42 Å². The van der Waals surface area contributed by atoms with E-state index >= 15 is 0 Å². The lowest BCUT2D eigenvalue weighted by atomic mass is 9.98. The molecule has 2 aliphatic heterocycles. The number of hydrogen-bond acceptors (Lipinski definition) is 2. The summed E-state index contributed by atoms with van der Waals surface area (Å²) in [6, 6.07) is 0.343. The highest BCUT2D eigenvalue weighted by atomic mass is 19.1. The van der Waals surface area contributed by atoms with Crippen LogP contribution in [0.4, 0.5) is 4.39 Å². The summed E-state index contributed by atoms with van der Waals surface area (Å²) >= 11 is 0. The van der Waals surface area contributed by atoms with Crippen LogP contribution < -0.4 is 0 Å². The van der Waals surface area contributed by atoms with Gasteiger partial charge in [-0.3, -0.25) is 4.90 Å². The van der Waals surface area contributed by atoms with E-state index in [9.17, 15) is 4.39 Å². The van der Waals surface area contributed by atoms with Gasteiger partial charge in [0.15, 0.2) is 0 Å². The maximum Gasteiger partial charge on any atom is 0.119 e. The second-order valence-electron chi connectivity index (χ2n) is 3.57. The first-order valence-corrected chi connectivity index (χ1v) is 4.32. The van der Waals surface area contributed by atoms with E-state index in [1.807, 2.05) is 0 Å². The van der Waals surface area contributed by atoms with E-state index in [4.69, 9.17) is 5.11 Å². The van der Waals surface area contributed by atoms with Gasteiger partial charge < -0.3 is 5.11 Å². The normalized spacial score (nSPS) is 44.7. The van der Waals surface area contributed by atoms with Gasteiger partial charge in [-0.1, -0.05) is 0 Å². The fraction of sp³-hybridized carbons (Fsp3) is 1.00. The summed E-state index contributed by atoms with van der Waals surface area (Å²) in [7, 11) is 0. The van der Waals surface area contributed by atoms with Crippen LogP contribution in [0.2, 0.25) is 0 Å². The first kappa shape index (κ1) is 7.50. The molecule has 1 N–H and O–H groups in total. The molecule has 2 aliphatic rings. The molecule has 0 aliphatic carbocycles. The first-order valence-electron chi connectivity index (χ1n) is 4.32. The van der Waals surface area contributed by atoms with Crippen LogP contribution in [0.1, 0.15) is 12.8 Å². The average Bonchev–Trinajstić information content (AvgIpc) is 2.46. The average molecular weight is 159 g/mol. The van der Waals surface area contributed by atoms with Gasteiger partial charge in [-0.05, 0) is 19.4 Å². The second-order valence-corrected chi connectivity index (χ2v) is 3.57. The zero-order valence-electron chi connectivity index (χ0n) is 6.54. The monoisotopic (exact) mass is 159 g/mol. The smallest absolute Gasteiger partial charge is 0.119 e. The number of halogens is 1. The molecule has 64 valence electrons. The van der Waals surface area contributed by atoms with Crippen molar-refractivity contribution in [3.8, 4) is 0 Å². The highest BCUT2D eigenvalue weighted by molar-refractivity contribution is 4.96. The van der Waals surface area contributed by atoms with Crippen LogP contribution in [0.25, 0.3) is 0 Å². The SMILES string of the molecule is OC[C@H]1C2CCCN2C[C@@H]1F. The van der Waals surface area contributed by atoms with E-state index in [-0.39, 0.29) is 12.5 Å². The zero-order valence-corrected chi connectivity index (χ0v) is 6.54. The van der Waals surface area contributed by atoms with Crippen molar-refractivity contribution in [3.63, 3.8) is 0 Å². The zero-order chi connectivity index (χ0) is 7.84. The van der Waals surface area contributed by atoms with Crippen LogP contribution in [0.5, 0.6) is 0 Å². The van der Waals surface area contributed by atoms with E-state index in [2.05, 4.69) is 4.90 Å². The van der Waals surface area contributed by atoms with Gasteiger partial charge in [0.25, 0.3) is 0 Å². The molecule has 2 rings (SSSR count). The number of aliphatic hydroxyl groups excluding tert-OH is 1. The van der Waals surface area contributed by atoms with Gasteiger partial charge in [-0.25, -0.2) is 4.39 Å². The molecule has 0 amide bonds. The molecule has 2 fully saturated rings. The van der Waals surface area contributed by atoms with Gasteiger partial charge in [-0.15, -0.1) is 0 Å². The van der Waals surface area contributed by atoms with E-state index in [1.54, 1.807) is 0 Å². The summed E-state index contributed by atoms with van der Waals surface area (Å²) in [4.78, 5) is 2.17. The van der Waals surface area contributed by atoms with Gasteiger partial charge in [0.1, 0.15) is 6.17 Å². The van der Waals surface area contributed by atoms with E-state index < -0.39 is 6.17 Å². The van der Waals surface area contributed by atoms with Crippen LogP contribution in [0, 0.1) is 5.92 Å². The predicted molar refractivity (Wildman–Crippen MR) is 40.1 cm³/mol. The van der Waals surface area contributed by atoms with Crippen molar-refractivity contribution in [1.29, 1.82) is 0 Å². The summed E-state index contributed by atoms with van der Waals surface area (Å²) < 4.78 is 13.1. The Labute approximate surface area is 66.0 Å². The largest absolute Gasteiger partial charge is 0.396 e. The number of nitrogens with zero attached hydrogens (tertiary/aromatic N) is 1. The van der Waals surface area contributed by atoms with Crippen LogP contribution in [0.3, 0.4) is 0 Å². The van der Waals surface area contributed by atoms with Crippen molar-refractivity contribution in [2.24, 2.45) is 5.92 Å². The molecule has 0 spiro atoms. The molecule has 0 radical (unpaired) electrons. The first-order chi connectivity index (χ1) is 5.33. The lowest BCUT2D eigenvalue weighted by Crippen LogP contribution is -2.28. The van der Waals surface area contributed by atoms with Crippen LogP contribution >= 0.6 is 0 Å². The Kier molecular flexibility index (Phi) is 1.85. The van der Waals surface area contributed by atoms with Crippen molar-refractivity contribution < 1.29 is 9.50 Å². The van der Waals surface area contributed by atoms with Crippen molar-refractivity contribution in [2.75, 3.05) is 19.7 Å². The summed E-state index contributed by atoms with van der Waals surface area (Å²) in [5.74, 6) is -0.0995. The number of hydrogen-bond donors (Lipinski definition) is 1. The van der Waals surface area contributed by atoms with Gasteiger partial charge in [0.05, 0.1) is 6.61 Å². The van der Waals surface area contributed by atoms with Gasteiger partial charge >= 0.3 is 0 Å². The number of aliphatic hydroxyl groups is 1. The van der Waals surface area contributed by atoms with Gasteiger partial charge in [0, 0.05) is 18.5 Å². The van der Waals surface area contributed by atoms with Crippen LogP contribution in [-0.4, -0.2) is 41.9 Å². The molecule has 0 aromatic rings.